The lowest BCUT2D eigenvalue weighted by atomic mass is 10.1. The van der Waals surface area contributed by atoms with Gasteiger partial charge in [0.25, 0.3) is 0 Å². The van der Waals surface area contributed by atoms with Crippen LogP contribution in [-0.4, -0.2) is 70.0 Å². The average Bonchev–Trinajstić information content (AvgIpc) is 3.18. The second-order valence-corrected chi connectivity index (χ2v) is 6.58. The first-order valence-corrected chi connectivity index (χ1v) is 9.27. The Bertz CT molecular complexity index is 680. The van der Waals surface area contributed by atoms with Gasteiger partial charge in [-0.3, -0.25) is 19.2 Å². The maximum Gasteiger partial charge on any atom is 0.325 e. The Kier molecular flexibility index (Phi) is 10.3. The number of rotatable bonds is 13. The second-order valence-electron chi connectivity index (χ2n) is 6.58. The predicted molar refractivity (Wildman–Crippen MR) is 103 cm³/mol. The third kappa shape index (κ3) is 9.17. The van der Waals surface area contributed by atoms with E-state index < -0.39 is 48.4 Å². The van der Waals surface area contributed by atoms with Crippen molar-refractivity contribution in [3.63, 3.8) is 0 Å². The molecule has 1 rings (SSSR count). The molecule has 0 saturated carbocycles. The predicted octanol–water partition coefficient (Wildman–Crippen LogP) is -2.40. The van der Waals surface area contributed by atoms with Crippen LogP contribution in [0.25, 0.3) is 0 Å². The molecule has 3 unspecified atom stereocenters. The zero-order chi connectivity index (χ0) is 21.8. The first-order chi connectivity index (χ1) is 13.7. The molecule has 0 aliphatic rings. The molecule has 0 fully saturated rings. The van der Waals surface area contributed by atoms with E-state index >= 15 is 0 Å². The van der Waals surface area contributed by atoms with E-state index in [0.29, 0.717) is 31.5 Å². The molecule has 29 heavy (non-hydrogen) atoms. The van der Waals surface area contributed by atoms with E-state index in [2.05, 4.69) is 25.9 Å². The van der Waals surface area contributed by atoms with Gasteiger partial charge >= 0.3 is 5.97 Å². The molecule has 0 bridgehead atoms. The molecule has 1 aromatic rings. The number of carboxylic acids is 1. The van der Waals surface area contributed by atoms with Crippen molar-refractivity contribution >= 4 is 23.7 Å². The van der Waals surface area contributed by atoms with Gasteiger partial charge in [0, 0.05) is 18.3 Å². The molecule has 0 aliphatic carbocycles. The largest absolute Gasteiger partial charge is 0.480 e. The molecule has 12 nitrogen and oxygen atoms in total. The fourth-order valence-electron chi connectivity index (χ4n) is 2.41. The van der Waals surface area contributed by atoms with Crippen LogP contribution in [0, 0.1) is 0 Å². The van der Waals surface area contributed by atoms with Gasteiger partial charge in [-0.2, -0.15) is 0 Å². The summed E-state index contributed by atoms with van der Waals surface area (Å²) in [6, 6.07) is -2.87. The van der Waals surface area contributed by atoms with Crippen molar-refractivity contribution in [3.05, 3.63) is 18.2 Å². The van der Waals surface area contributed by atoms with Crippen molar-refractivity contribution in [2.45, 2.75) is 50.7 Å². The molecule has 1 aromatic heterocycles. The maximum atomic E-state index is 12.4. The van der Waals surface area contributed by atoms with Gasteiger partial charge in [0.2, 0.25) is 17.7 Å². The highest BCUT2D eigenvalue weighted by Crippen LogP contribution is 2.03. The summed E-state index contributed by atoms with van der Waals surface area (Å²) in [6.45, 7) is 1.33. The number of aliphatic carboxylic acids is 1. The number of hydrogen-bond donors (Lipinski definition) is 7. The summed E-state index contributed by atoms with van der Waals surface area (Å²) in [5.74, 6) is -2.93. The van der Waals surface area contributed by atoms with Gasteiger partial charge in [0.1, 0.15) is 12.1 Å². The minimum absolute atomic E-state index is 0.221. The standard InChI is InChI=1S/C17H29N7O5/c1-10(17(28)29)23-14(25)8-21-16(27)13(4-2-3-5-18)24-15(26)12(19)6-11-7-20-9-22-11/h7,9-10,12-13H,2-6,8,18-19H2,1H3,(H,20,22)(H,21,27)(H,23,25)(H,24,26)(H,28,29). The van der Waals surface area contributed by atoms with Gasteiger partial charge in [-0.1, -0.05) is 0 Å². The van der Waals surface area contributed by atoms with E-state index in [1.54, 1.807) is 6.20 Å². The Morgan fingerprint density at radius 2 is 1.93 bits per heavy atom. The zero-order valence-corrected chi connectivity index (χ0v) is 16.3. The normalized spacial score (nSPS) is 13.8. The average molecular weight is 411 g/mol. The fraction of sp³-hybridized carbons (Fsp3) is 0.588. The molecular weight excluding hydrogens is 382 g/mol. The van der Waals surface area contributed by atoms with E-state index in [1.165, 1.54) is 13.3 Å². The van der Waals surface area contributed by atoms with Crippen LogP contribution in [0.4, 0.5) is 0 Å². The van der Waals surface area contributed by atoms with Crippen LogP contribution in [0.15, 0.2) is 12.5 Å². The van der Waals surface area contributed by atoms with Gasteiger partial charge in [0.05, 0.1) is 18.9 Å². The highest BCUT2D eigenvalue weighted by molar-refractivity contribution is 5.92. The van der Waals surface area contributed by atoms with Gasteiger partial charge in [-0.25, -0.2) is 4.98 Å². The molecule has 0 radical (unpaired) electrons. The van der Waals surface area contributed by atoms with Crippen LogP contribution in [0.5, 0.6) is 0 Å². The zero-order valence-electron chi connectivity index (χ0n) is 16.3. The van der Waals surface area contributed by atoms with Crippen molar-refractivity contribution in [2.75, 3.05) is 13.1 Å². The number of hydrogen-bond acceptors (Lipinski definition) is 7. The summed E-state index contributed by atoms with van der Waals surface area (Å²) in [5.41, 5.74) is 12.0. The summed E-state index contributed by atoms with van der Waals surface area (Å²) in [4.78, 5) is 54.0. The molecule has 3 atom stereocenters. The molecule has 1 heterocycles. The summed E-state index contributed by atoms with van der Waals surface area (Å²) in [7, 11) is 0. The molecule has 3 amide bonds. The van der Waals surface area contributed by atoms with Crippen molar-refractivity contribution in [3.8, 4) is 0 Å². The number of amides is 3. The van der Waals surface area contributed by atoms with E-state index in [-0.39, 0.29) is 6.42 Å². The third-order valence-electron chi connectivity index (χ3n) is 4.08. The maximum absolute atomic E-state index is 12.4. The van der Waals surface area contributed by atoms with Crippen LogP contribution in [0.2, 0.25) is 0 Å². The molecule has 0 saturated heterocycles. The number of carbonyl (C=O) groups excluding carboxylic acids is 3. The van der Waals surface area contributed by atoms with Gasteiger partial charge < -0.3 is 37.5 Å². The Morgan fingerprint density at radius 1 is 1.21 bits per heavy atom. The molecule has 12 heteroatoms. The summed E-state index contributed by atoms with van der Waals surface area (Å²) in [6.07, 6.45) is 4.81. The van der Waals surface area contributed by atoms with E-state index in [4.69, 9.17) is 16.6 Å². The molecule has 0 aliphatic heterocycles. The topological polar surface area (TPSA) is 205 Å². The second kappa shape index (κ2) is 12.5. The van der Waals surface area contributed by atoms with E-state index in [9.17, 15) is 19.2 Å². The molecule has 162 valence electrons. The van der Waals surface area contributed by atoms with Gasteiger partial charge in [-0.15, -0.1) is 0 Å². The number of aromatic amines is 1. The number of nitrogens with one attached hydrogen (secondary N) is 4. The smallest absolute Gasteiger partial charge is 0.325 e. The first-order valence-electron chi connectivity index (χ1n) is 9.27. The lowest BCUT2D eigenvalue weighted by Crippen LogP contribution is -2.53. The molecule has 0 aromatic carbocycles. The van der Waals surface area contributed by atoms with Crippen molar-refractivity contribution in [1.82, 2.24) is 25.9 Å². The Balaban J connectivity index is 2.60. The van der Waals surface area contributed by atoms with Crippen LogP contribution in [0.1, 0.15) is 31.9 Å². The number of unbranched alkanes of at least 4 members (excludes halogenated alkanes) is 1. The van der Waals surface area contributed by atoms with Crippen LogP contribution >= 0.6 is 0 Å². The van der Waals surface area contributed by atoms with E-state index in [1.807, 2.05) is 0 Å². The van der Waals surface area contributed by atoms with Crippen LogP contribution in [0.3, 0.4) is 0 Å². The van der Waals surface area contributed by atoms with Gasteiger partial charge in [0.15, 0.2) is 0 Å². The number of nitrogens with two attached hydrogens (primary N) is 2. The summed E-state index contributed by atoms with van der Waals surface area (Å²) in [5, 5.41) is 16.0. The van der Waals surface area contributed by atoms with Gasteiger partial charge in [-0.05, 0) is 32.7 Å². The monoisotopic (exact) mass is 411 g/mol. The Morgan fingerprint density at radius 3 is 2.52 bits per heavy atom. The number of H-pyrrole nitrogens is 1. The van der Waals surface area contributed by atoms with E-state index in [0.717, 1.165) is 0 Å². The Hall–Kier alpha value is -2.99. The molecular formula is C17H29N7O5. The first kappa shape index (κ1) is 24.0. The highest BCUT2D eigenvalue weighted by Gasteiger charge is 2.24. The van der Waals surface area contributed by atoms with Crippen molar-refractivity contribution in [1.29, 1.82) is 0 Å². The number of imidazole rings is 1. The third-order valence-corrected chi connectivity index (χ3v) is 4.08. The number of carbonyl (C=O) groups is 4. The highest BCUT2D eigenvalue weighted by atomic mass is 16.4. The number of carboxylic acid groups (broad SMARTS) is 1. The van der Waals surface area contributed by atoms with Crippen molar-refractivity contribution < 1.29 is 24.3 Å². The molecule has 9 N–H and O–H groups in total. The molecule has 0 spiro atoms. The quantitative estimate of drug-likeness (QED) is 0.174. The SMILES string of the molecule is CC(NC(=O)CNC(=O)C(CCCCN)NC(=O)C(N)Cc1cnc[nH]1)C(=O)O. The number of aromatic nitrogens is 2. The summed E-state index contributed by atoms with van der Waals surface area (Å²) >= 11 is 0. The number of nitrogens with zero attached hydrogens (tertiary/aromatic N) is 1. The minimum atomic E-state index is -1.19. The van der Waals surface area contributed by atoms with Crippen LogP contribution < -0.4 is 27.4 Å². The summed E-state index contributed by atoms with van der Waals surface area (Å²) < 4.78 is 0. The lowest BCUT2D eigenvalue weighted by Gasteiger charge is -2.20. The lowest BCUT2D eigenvalue weighted by molar-refractivity contribution is -0.141. The Labute approximate surface area is 168 Å². The minimum Gasteiger partial charge on any atom is -0.480 e. The van der Waals surface area contributed by atoms with Crippen molar-refractivity contribution in [2.24, 2.45) is 11.5 Å². The fourth-order valence-corrected chi connectivity index (χ4v) is 2.41. The van der Waals surface area contributed by atoms with Crippen LogP contribution in [-0.2, 0) is 25.6 Å².